The van der Waals surface area contributed by atoms with E-state index < -0.39 is 10.4 Å². The molecule has 0 aliphatic rings. The summed E-state index contributed by atoms with van der Waals surface area (Å²) in [5, 5.41) is 0. The van der Waals surface area contributed by atoms with Crippen molar-refractivity contribution >= 4 is 40.9 Å². The molecule has 10 heavy (non-hydrogen) atoms. The van der Waals surface area contributed by atoms with Gasteiger partial charge in [0, 0.05) is 0 Å². The summed E-state index contributed by atoms with van der Waals surface area (Å²) in [6.45, 7) is -0.199. The van der Waals surface area contributed by atoms with Gasteiger partial charge in [-0.05, 0) is 0 Å². The normalized spacial score (nSPS) is 11.1. The molecule has 0 atom stereocenters. The Labute approximate surface area is 73.4 Å². The van der Waals surface area contributed by atoms with Crippen LogP contribution in [0.25, 0.3) is 0 Å². The lowest BCUT2D eigenvalue weighted by Gasteiger charge is -2.14. The summed E-state index contributed by atoms with van der Waals surface area (Å²) < 4.78 is 3.05. The molecule has 0 rings (SSSR count). The van der Waals surface area contributed by atoms with Gasteiger partial charge in [-0.1, -0.05) is 23.2 Å². The van der Waals surface area contributed by atoms with E-state index in [0.29, 0.717) is 0 Å². The van der Waals surface area contributed by atoms with Gasteiger partial charge in [-0.2, -0.15) is 0 Å². The number of amides is 1. The molecular formula is C4H6Cl3NO2. The smallest absolute Gasteiger partial charge is 0.404 e. The molecule has 0 spiro atoms. The number of ether oxygens (including phenoxy) is 1. The highest BCUT2D eigenvalue weighted by Crippen LogP contribution is 2.22. The van der Waals surface area contributed by atoms with Crippen LogP contribution in [0.5, 0.6) is 0 Å². The first-order valence-electron chi connectivity index (χ1n) is 2.34. The summed E-state index contributed by atoms with van der Waals surface area (Å²) in [7, 11) is 0. The standard InChI is InChI=1S/C4H6Cl3NO2/c5-1-4(6,7)2-10-3(8)9/h1-2H2,(H2,8,9). The largest absolute Gasteiger partial charge is 0.446 e. The predicted octanol–water partition coefficient (Wildman–Crippen LogP) is 1.49. The topological polar surface area (TPSA) is 52.3 Å². The number of alkyl halides is 3. The van der Waals surface area contributed by atoms with Gasteiger partial charge in [0.05, 0.1) is 5.88 Å². The Kier molecular flexibility index (Phi) is 4.17. The maximum absolute atomic E-state index is 10.0. The molecule has 0 aromatic heterocycles. The van der Waals surface area contributed by atoms with Crippen molar-refractivity contribution in [2.75, 3.05) is 12.5 Å². The highest BCUT2D eigenvalue weighted by Gasteiger charge is 2.24. The summed E-state index contributed by atoms with van der Waals surface area (Å²) in [6.07, 6.45) is -0.921. The zero-order chi connectivity index (χ0) is 8.20. The maximum Gasteiger partial charge on any atom is 0.404 e. The van der Waals surface area contributed by atoms with Gasteiger partial charge >= 0.3 is 6.09 Å². The molecule has 6 heteroatoms. The predicted molar refractivity (Wildman–Crippen MR) is 40.7 cm³/mol. The second-order valence-corrected chi connectivity index (χ2v) is 3.51. The van der Waals surface area contributed by atoms with Crippen molar-refractivity contribution in [3.63, 3.8) is 0 Å². The SMILES string of the molecule is NC(=O)OCC(Cl)(Cl)CCl. The molecule has 0 unspecified atom stereocenters. The van der Waals surface area contributed by atoms with Crippen LogP contribution in [0, 0.1) is 0 Å². The summed E-state index contributed by atoms with van der Waals surface area (Å²) in [5.74, 6) is -0.0244. The van der Waals surface area contributed by atoms with E-state index in [9.17, 15) is 4.79 Å². The molecule has 0 aromatic carbocycles. The number of hydrogen-bond donors (Lipinski definition) is 1. The van der Waals surface area contributed by atoms with Gasteiger partial charge < -0.3 is 10.5 Å². The van der Waals surface area contributed by atoms with Gasteiger partial charge in [0.15, 0.2) is 4.33 Å². The van der Waals surface area contributed by atoms with Crippen LogP contribution in [0.3, 0.4) is 0 Å². The van der Waals surface area contributed by atoms with Gasteiger partial charge in [0.2, 0.25) is 0 Å². The van der Waals surface area contributed by atoms with E-state index >= 15 is 0 Å². The van der Waals surface area contributed by atoms with E-state index in [1.807, 2.05) is 0 Å². The molecule has 3 nitrogen and oxygen atoms in total. The highest BCUT2D eigenvalue weighted by molar-refractivity contribution is 6.51. The lowest BCUT2D eigenvalue weighted by molar-refractivity contribution is 0.154. The van der Waals surface area contributed by atoms with E-state index in [2.05, 4.69) is 10.5 Å². The molecule has 0 heterocycles. The van der Waals surface area contributed by atoms with E-state index in [4.69, 9.17) is 34.8 Å². The molecule has 0 radical (unpaired) electrons. The second-order valence-electron chi connectivity index (χ2n) is 1.60. The lowest BCUT2D eigenvalue weighted by Crippen LogP contribution is -2.27. The van der Waals surface area contributed by atoms with Crippen LogP contribution in [-0.4, -0.2) is 22.9 Å². The number of rotatable bonds is 3. The Morgan fingerprint density at radius 3 is 2.40 bits per heavy atom. The minimum absolute atomic E-state index is 0.0244. The molecule has 0 aromatic rings. The number of halogens is 3. The van der Waals surface area contributed by atoms with Crippen LogP contribution < -0.4 is 5.73 Å². The fourth-order valence-electron chi connectivity index (χ4n) is 0.215. The first kappa shape index (κ1) is 10.1. The van der Waals surface area contributed by atoms with E-state index in [-0.39, 0.29) is 12.5 Å². The first-order chi connectivity index (χ1) is 4.48. The van der Waals surface area contributed by atoms with Crippen LogP contribution in [0.2, 0.25) is 0 Å². The minimum Gasteiger partial charge on any atom is -0.446 e. The fourth-order valence-corrected chi connectivity index (χ4v) is 0.402. The lowest BCUT2D eigenvalue weighted by atomic mass is 10.5. The Hall–Kier alpha value is 0.140. The molecule has 60 valence electrons. The summed E-state index contributed by atoms with van der Waals surface area (Å²) >= 11 is 16.2. The van der Waals surface area contributed by atoms with Crippen LogP contribution in [-0.2, 0) is 4.74 Å². The van der Waals surface area contributed by atoms with Crippen molar-refractivity contribution in [1.82, 2.24) is 0 Å². The quantitative estimate of drug-likeness (QED) is 0.712. The molecule has 1 amide bonds. The Balaban J connectivity index is 3.56. The molecule has 0 saturated carbocycles. The zero-order valence-corrected chi connectivity index (χ0v) is 7.21. The highest BCUT2D eigenvalue weighted by atomic mass is 35.5. The zero-order valence-electron chi connectivity index (χ0n) is 4.94. The van der Waals surface area contributed by atoms with E-state index in [0.717, 1.165) is 0 Å². The number of carbonyl (C=O) groups is 1. The number of primary amides is 1. The van der Waals surface area contributed by atoms with Gasteiger partial charge in [-0.25, -0.2) is 4.79 Å². The van der Waals surface area contributed by atoms with Crippen molar-refractivity contribution in [1.29, 1.82) is 0 Å². The first-order valence-corrected chi connectivity index (χ1v) is 3.63. The third-order valence-electron chi connectivity index (χ3n) is 0.621. The Morgan fingerprint density at radius 2 is 2.10 bits per heavy atom. The maximum atomic E-state index is 10.0. The average Bonchev–Trinajstić information content (AvgIpc) is 1.85. The van der Waals surface area contributed by atoms with Crippen LogP contribution >= 0.6 is 34.8 Å². The molecule has 0 bridgehead atoms. The van der Waals surface area contributed by atoms with Crippen LogP contribution in [0.4, 0.5) is 4.79 Å². The van der Waals surface area contributed by atoms with Crippen LogP contribution in [0.15, 0.2) is 0 Å². The molecule has 2 N–H and O–H groups in total. The number of nitrogens with two attached hydrogens (primary N) is 1. The van der Waals surface area contributed by atoms with Crippen LogP contribution in [0.1, 0.15) is 0 Å². The van der Waals surface area contributed by atoms with Gasteiger partial charge in [0.25, 0.3) is 0 Å². The third kappa shape index (κ3) is 4.97. The van der Waals surface area contributed by atoms with E-state index in [1.54, 1.807) is 0 Å². The molecule has 0 aliphatic carbocycles. The third-order valence-corrected chi connectivity index (χ3v) is 1.84. The summed E-state index contributed by atoms with van der Waals surface area (Å²) in [6, 6.07) is 0. The van der Waals surface area contributed by atoms with E-state index in [1.165, 1.54) is 0 Å². The Bertz CT molecular complexity index is 128. The van der Waals surface area contributed by atoms with Crippen molar-refractivity contribution in [3.8, 4) is 0 Å². The summed E-state index contributed by atoms with van der Waals surface area (Å²) in [4.78, 5) is 10.0. The Morgan fingerprint density at radius 1 is 1.60 bits per heavy atom. The van der Waals surface area contributed by atoms with Crippen molar-refractivity contribution < 1.29 is 9.53 Å². The molecule has 0 aliphatic heterocycles. The van der Waals surface area contributed by atoms with Gasteiger partial charge in [0.1, 0.15) is 6.61 Å². The number of carbonyl (C=O) groups excluding carboxylic acids is 1. The fraction of sp³-hybridized carbons (Fsp3) is 0.750. The molecule has 0 fully saturated rings. The molecule has 0 saturated heterocycles. The van der Waals surface area contributed by atoms with Crippen molar-refractivity contribution in [2.24, 2.45) is 5.73 Å². The van der Waals surface area contributed by atoms with Crippen molar-refractivity contribution in [2.45, 2.75) is 4.33 Å². The van der Waals surface area contributed by atoms with Gasteiger partial charge in [-0.15, -0.1) is 11.6 Å². The summed E-state index contributed by atoms with van der Waals surface area (Å²) in [5.41, 5.74) is 4.63. The second kappa shape index (κ2) is 4.11. The number of hydrogen-bond acceptors (Lipinski definition) is 2. The average molecular weight is 206 g/mol. The van der Waals surface area contributed by atoms with Gasteiger partial charge in [-0.3, -0.25) is 0 Å². The monoisotopic (exact) mass is 205 g/mol. The molecular weight excluding hydrogens is 200 g/mol. The minimum atomic E-state index is -1.24. The van der Waals surface area contributed by atoms with Crippen molar-refractivity contribution in [3.05, 3.63) is 0 Å².